The highest BCUT2D eigenvalue weighted by atomic mass is 15.2. The van der Waals surface area contributed by atoms with Crippen molar-refractivity contribution in [3.63, 3.8) is 0 Å². The van der Waals surface area contributed by atoms with Gasteiger partial charge in [0.25, 0.3) is 0 Å². The van der Waals surface area contributed by atoms with Crippen LogP contribution in [0, 0.1) is 0 Å². The van der Waals surface area contributed by atoms with Gasteiger partial charge in [0.1, 0.15) is 0 Å². The van der Waals surface area contributed by atoms with Crippen LogP contribution >= 0.6 is 0 Å². The largest absolute Gasteiger partial charge is 0.330 e. The molecule has 0 aliphatic heterocycles. The third kappa shape index (κ3) is 1.65. The number of rotatable bonds is 3. The summed E-state index contributed by atoms with van der Waals surface area (Å²) in [5.74, 6) is 0. The molecular weight excluding hydrogens is 176 g/mol. The van der Waals surface area contributed by atoms with E-state index in [2.05, 4.69) is 10.1 Å². The van der Waals surface area contributed by atoms with Crippen molar-refractivity contribution in [2.24, 2.45) is 5.73 Å². The van der Waals surface area contributed by atoms with E-state index < -0.39 is 0 Å². The van der Waals surface area contributed by atoms with Gasteiger partial charge in [-0.15, -0.1) is 0 Å². The van der Waals surface area contributed by atoms with Crippen LogP contribution in [0.1, 0.15) is 12.1 Å². The molecule has 0 atom stereocenters. The summed E-state index contributed by atoms with van der Waals surface area (Å²) >= 11 is 0. The Bertz CT molecular complexity index is 444. The van der Waals surface area contributed by atoms with E-state index >= 15 is 0 Å². The van der Waals surface area contributed by atoms with Crippen molar-refractivity contribution < 1.29 is 0 Å². The normalized spacial score (nSPS) is 11.5. The molecule has 0 aliphatic carbocycles. The summed E-state index contributed by atoms with van der Waals surface area (Å²) in [6, 6.07) is 3.79. The van der Waals surface area contributed by atoms with Crippen molar-refractivity contribution in [1.82, 2.24) is 14.6 Å². The monoisotopic (exact) mass is 188 g/mol. The topological polar surface area (TPSA) is 56.2 Å². The molecule has 4 nitrogen and oxygen atoms in total. The number of hydrogen-bond acceptors (Lipinski definition) is 3. The number of imidazole rings is 1. The first-order chi connectivity index (χ1) is 6.92. The van der Waals surface area contributed by atoms with E-state index in [1.54, 1.807) is 16.9 Å². The number of nitrogens with zero attached hydrogens (tertiary/aromatic N) is 3. The molecule has 0 bridgehead atoms. The molecule has 72 valence electrons. The minimum absolute atomic E-state index is 0.667. The lowest BCUT2D eigenvalue weighted by molar-refractivity contribution is 0.924. The summed E-state index contributed by atoms with van der Waals surface area (Å²) in [6.45, 7) is 0.667. The van der Waals surface area contributed by atoms with Crippen LogP contribution in [0.4, 0.5) is 0 Å². The summed E-state index contributed by atoms with van der Waals surface area (Å²) in [5, 5.41) is 4.19. The fourth-order valence-corrected chi connectivity index (χ4v) is 1.26. The minimum Gasteiger partial charge on any atom is -0.330 e. The van der Waals surface area contributed by atoms with Crippen LogP contribution in [0.2, 0.25) is 0 Å². The molecule has 0 fully saturated rings. The van der Waals surface area contributed by atoms with Crippen molar-refractivity contribution in [2.75, 3.05) is 6.54 Å². The molecule has 0 saturated heterocycles. The molecule has 0 radical (unpaired) electrons. The highest BCUT2D eigenvalue weighted by molar-refractivity contribution is 5.50. The fraction of sp³-hybridized carbons (Fsp3) is 0.200. The molecule has 4 heteroatoms. The molecule has 0 aromatic carbocycles. The Balaban J connectivity index is 2.34. The van der Waals surface area contributed by atoms with Crippen molar-refractivity contribution in [3.05, 3.63) is 36.3 Å². The minimum atomic E-state index is 0.667. The fourth-order valence-electron chi connectivity index (χ4n) is 1.26. The van der Waals surface area contributed by atoms with Gasteiger partial charge in [0.2, 0.25) is 0 Å². The lowest BCUT2D eigenvalue weighted by Gasteiger charge is -1.93. The number of nitrogens with two attached hydrogens (primary N) is 1. The molecular formula is C10H12N4. The first kappa shape index (κ1) is 8.90. The molecule has 0 amide bonds. The van der Waals surface area contributed by atoms with Crippen molar-refractivity contribution in [2.45, 2.75) is 6.42 Å². The van der Waals surface area contributed by atoms with Gasteiger partial charge in [-0.1, -0.05) is 6.08 Å². The van der Waals surface area contributed by atoms with Gasteiger partial charge in [-0.3, -0.25) is 0 Å². The number of hydrogen-bond donors (Lipinski definition) is 1. The average Bonchev–Trinajstić information content (AvgIpc) is 2.63. The first-order valence-electron chi connectivity index (χ1n) is 4.57. The molecule has 0 unspecified atom stereocenters. The third-order valence-electron chi connectivity index (χ3n) is 1.93. The molecule has 2 heterocycles. The Morgan fingerprint density at radius 2 is 2.43 bits per heavy atom. The third-order valence-corrected chi connectivity index (χ3v) is 1.93. The van der Waals surface area contributed by atoms with Gasteiger partial charge in [0, 0.05) is 6.20 Å². The molecule has 14 heavy (non-hydrogen) atoms. The van der Waals surface area contributed by atoms with Crippen molar-refractivity contribution >= 4 is 11.7 Å². The molecule has 0 spiro atoms. The Hall–Kier alpha value is -1.68. The van der Waals surface area contributed by atoms with Gasteiger partial charge < -0.3 is 5.73 Å². The summed E-state index contributed by atoms with van der Waals surface area (Å²) in [5.41, 5.74) is 7.23. The van der Waals surface area contributed by atoms with Gasteiger partial charge in [-0.25, -0.2) is 9.50 Å². The molecule has 2 N–H and O–H groups in total. The molecule has 2 rings (SSSR count). The summed E-state index contributed by atoms with van der Waals surface area (Å²) in [7, 11) is 0. The van der Waals surface area contributed by atoms with Crippen LogP contribution in [0.25, 0.3) is 11.7 Å². The Morgan fingerprint density at radius 3 is 3.29 bits per heavy atom. The lowest BCUT2D eigenvalue weighted by atomic mass is 10.3. The zero-order chi connectivity index (χ0) is 9.80. The highest BCUT2D eigenvalue weighted by Crippen LogP contribution is 2.05. The maximum Gasteiger partial charge on any atom is 0.154 e. The Labute approximate surface area is 82.1 Å². The second-order valence-electron chi connectivity index (χ2n) is 2.96. The molecule has 0 saturated carbocycles. The predicted molar refractivity (Wildman–Crippen MR) is 55.7 cm³/mol. The van der Waals surface area contributed by atoms with Crippen LogP contribution in [-0.4, -0.2) is 21.1 Å². The van der Waals surface area contributed by atoms with Gasteiger partial charge in [-0.2, -0.15) is 5.10 Å². The second kappa shape index (κ2) is 4.02. The zero-order valence-corrected chi connectivity index (χ0v) is 7.80. The smallest absolute Gasteiger partial charge is 0.154 e. The van der Waals surface area contributed by atoms with Crippen LogP contribution < -0.4 is 5.73 Å². The Morgan fingerprint density at radius 1 is 1.50 bits per heavy atom. The number of fused-ring (bicyclic) bond motifs is 1. The van der Waals surface area contributed by atoms with Crippen molar-refractivity contribution in [1.29, 1.82) is 0 Å². The van der Waals surface area contributed by atoms with Crippen LogP contribution in [0.15, 0.2) is 30.6 Å². The summed E-state index contributed by atoms with van der Waals surface area (Å²) in [6.07, 6.45) is 8.43. The van der Waals surface area contributed by atoms with E-state index in [0.717, 1.165) is 17.8 Å². The van der Waals surface area contributed by atoms with Crippen LogP contribution in [-0.2, 0) is 0 Å². The van der Waals surface area contributed by atoms with Gasteiger partial charge in [-0.05, 0) is 31.2 Å². The first-order valence-corrected chi connectivity index (χ1v) is 4.57. The van der Waals surface area contributed by atoms with Gasteiger partial charge in [0.05, 0.1) is 11.9 Å². The van der Waals surface area contributed by atoms with Gasteiger partial charge >= 0.3 is 0 Å². The van der Waals surface area contributed by atoms with Gasteiger partial charge in [0.15, 0.2) is 5.65 Å². The Kier molecular flexibility index (Phi) is 2.55. The molecule has 2 aromatic heterocycles. The quantitative estimate of drug-likeness (QED) is 0.784. The van der Waals surface area contributed by atoms with E-state index in [4.69, 9.17) is 5.73 Å². The maximum atomic E-state index is 5.39. The van der Waals surface area contributed by atoms with Crippen LogP contribution in [0.3, 0.4) is 0 Å². The number of aromatic nitrogens is 3. The van der Waals surface area contributed by atoms with E-state index in [-0.39, 0.29) is 0 Å². The standard InChI is InChI=1S/C10H12N4/c11-6-2-1-4-9-8-12-10-5-3-7-13-14(9)10/h1,3-5,7-8H,2,6,11H2. The molecule has 0 aliphatic rings. The highest BCUT2D eigenvalue weighted by Gasteiger charge is 1.98. The van der Waals surface area contributed by atoms with E-state index in [9.17, 15) is 0 Å². The van der Waals surface area contributed by atoms with E-state index in [1.165, 1.54) is 0 Å². The maximum absolute atomic E-state index is 5.39. The summed E-state index contributed by atoms with van der Waals surface area (Å²) < 4.78 is 1.80. The summed E-state index contributed by atoms with van der Waals surface area (Å²) in [4.78, 5) is 4.22. The average molecular weight is 188 g/mol. The van der Waals surface area contributed by atoms with E-state index in [0.29, 0.717) is 6.54 Å². The zero-order valence-electron chi connectivity index (χ0n) is 7.80. The predicted octanol–water partition coefficient (Wildman–Crippen LogP) is 1.09. The van der Waals surface area contributed by atoms with Crippen molar-refractivity contribution in [3.8, 4) is 0 Å². The van der Waals surface area contributed by atoms with E-state index in [1.807, 2.05) is 24.3 Å². The molecule has 2 aromatic rings. The SMILES string of the molecule is NCCC=Cc1cnc2cccnn12. The lowest BCUT2D eigenvalue weighted by Crippen LogP contribution is -1.95. The second-order valence-corrected chi connectivity index (χ2v) is 2.96. The van der Waals surface area contributed by atoms with Crippen LogP contribution in [0.5, 0.6) is 0 Å².